The van der Waals surface area contributed by atoms with Crippen LogP contribution in [0.2, 0.25) is 0 Å². The summed E-state index contributed by atoms with van der Waals surface area (Å²) in [6, 6.07) is 83.3. The molecule has 0 aromatic heterocycles. The van der Waals surface area contributed by atoms with E-state index < -0.39 is 18.1 Å². The number of benzene rings is 10. The van der Waals surface area contributed by atoms with Gasteiger partial charge in [0.1, 0.15) is 86.8 Å². The van der Waals surface area contributed by atoms with E-state index in [4.69, 9.17) is 37.9 Å². The van der Waals surface area contributed by atoms with E-state index in [1.54, 1.807) is 0 Å². The molecule has 394 valence electrons. The third-order valence-corrected chi connectivity index (χ3v) is 13.7. The van der Waals surface area contributed by atoms with E-state index in [0.717, 1.165) is 38.9 Å². The number of fused-ring (bicyclic) bond motifs is 1. The van der Waals surface area contributed by atoms with Crippen LogP contribution >= 0.6 is 0 Å². The zero-order valence-electron chi connectivity index (χ0n) is 43.6. The molecule has 10 aromatic carbocycles. The van der Waals surface area contributed by atoms with Crippen LogP contribution in [0.25, 0.3) is 0 Å². The monoisotopic (exact) mass is 1040 g/mol. The van der Waals surface area contributed by atoms with Gasteiger partial charge in [-0.3, -0.25) is 0 Å². The highest BCUT2D eigenvalue weighted by Crippen LogP contribution is 2.56. The fraction of sp³-hybridized carbons (Fsp3) is 0.143. The van der Waals surface area contributed by atoms with Gasteiger partial charge in [-0.2, -0.15) is 0 Å². The van der Waals surface area contributed by atoms with Crippen molar-refractivity contribution in [2.24, 2.45) is 0 Å². The van der Waals surface area contributed by atoms with Gasteiger partial charge in [-0.05, 0) is 56.6 Å². The zero-order chi connectivity index (χ0) is 53.4. The van der Waals surface area contributed by atoms with Crippen molar-refractivity contribution in [3.8, 4) is 46.0 Å². The summed E-state index contributed by atoms with van der Waals surface area (Å²) in [7, 11) is 0. The Kier molecular flexibility index (Phi) is 16.7. The number of ether oxygens (including phenoxy) is 8. The number of hydrogen-bond acceptors (Lipinski definition) is 9. The maximum Gasteiger partial charge on any atom is 0.162 e. The molecule has 1 heterocycles. The van der Waals surface area contributed by atoms with E-state index in [0.29, 0.717) is 82.5 Å². The van der Waals surface area contributed by atoms with Gasteiger partial charge in [0, 0.05) is 35.4 Å². The van der Waals surface area contributed by atoms with Crippen molar-refractivity contribution in [3.63, 3.8) is 0 Å². The Morgan fingerprint density at radius 1 is 0.291 bits per heavy atom. The first-order valence-corrected chi connectivity index (χ1v) is 26.6. The van der Waals surface area contributed by atoms with E-state index in [9.17, 15) is 5.11 Å². The van der Waals surface area contributed by atoms with Gasteiger partial charge in [0.25, 0.3) is 0 Å². The molecule has 1 aliphatic rings. The minimum absolute atomic E-state index is 0.208. The van der Waals surface area contributed by atoms with Crippen molar-refractivity contribution in [2.75, 3.05) is 0 Å². The van der Waals surface area contributed by atoms with Crippen LogP contribution in [0.1, 0.15) is 67.7 Å². The molecule has 9 heteroatoms. The van der Waals surface area contributed by atoms with Crippen molar-refractivity contribution < 1.29 is 43.0 Å². The van der Waals surface area contributed by atoms with Gasteiger partial charge in [0.2, 0.25) is 0 Å². The molecule has 0 amide bonds. The second kappa shape index (κ2) is 25.6. The molecule has 10 aromatic rings. The SMILES string of the molecule is O[C@H]1[C@H](c2c(OCc3ccccc3)cc(OCc3ccccc3)cc2OCc2ccccc2)c2c(OCc3ccccc3)cc(OCc3ccccc3)cc2O[C@@H]1c1ccc(OCc2ccccc2)c(OCc2ccccc2)c1. The Labute approximate surface area is 461 Å². The van der Waals surface area contributed by atoms with E-state index in [1.807, 2.05) is 255 Å². The quantitative estimate of drug-likeness (QED) is 0.0672. The summed E-state index contributed by atoms with van der Waals surface area (Å²) in [5.74, 6) is 2.94. The lowest BCUT2D eigenvalue weighted by Gasteiger charge is -2.39. The molecule has 0 saturated carbocycles. The molecule has 0 radical (unpaired) electrons. The van der Waals surface area contributed by atoms with Crippen LogP contribution in [-0.4, -0.2) is 11.2 Å². The van der Waals surface area contributed by atoms with Crippen LogP contribution in [0.15, 0.2) is 255 Å². The van der Waals surface area contributed by atoms with Gasteiger partial charge in [-0.25, -0.2) is 0 Å². The number of aliphatic hydroxyl groups is 1. The highest BCUT2D eigenvalue weighted by Gasteiger charge is 2.45. The Balaban J connectivity index is 1.08. The fourth-order valence-electron chi connectivity index (χ4n) is 9.61. The lowest BCUT2D eigenvalue weighted by Crippen LogP contribution is -2.36. The van der Waals surface area contributed by atoms with Crippen LogP contribution in [0.5, 0.6) is 46.0 Å². The lowest BCUT2D eigenvalue weighted by molar-refractivity contribution is 0.00568. The Morgan fingerprint density at radius 3 is 0.962 bits per heavy atom. The number of rotatable bonds is 23. The predicted molar refractivity (Wildman–Crippen MR) is 306 cm³/mol. The summed E-state index contributed by atoms with van der Waals surface area (Å²) in [6.45, 7) is 1.82. The Bertz CT molecular complexity index is 3430. The zero-order valence-corrected chi connectivity index (χ0v) is 43.6. The average molecular weight is 1050 g/mol. The van der Waals surface area contributed by atoms with Gasteiger partial charge < -0.3 is 43.0 Å². The Hall–Kier alpha value is -9.44. The van der Waals surface area contributed by atoms with E-state index in [2.05, 4.69) is 0 Å². The molecule has 1 aliphatic heterocycles. The van der Waals surface area contributed by atoms with Crippen molar-refractivity contribution in [3.05, 3.63) is 310 Å². The molecule has 0 unspecified atom stereocenters. The van der Waals surface area contributed by atoms with Crippen LogP contribution in [0.3, 0.4) is 0 Å². The highest BCUT2D eigenvalue weighted by molar-refractivity contribution is 5.64. The third-order valence-electron chi connectivity index (χ3n) is 13.7. The number of aliphatic hydroxyl groups excluding tert-OH is 1. The standard InChI is InChI=1S/C70H60O9/c71-69-68(66-62(76-47-54-30-16-5-17-31-54)39-58(72-43-50-22-8-1-9-23-50)40-63(66)77-48-55-32-18-6-19-33-55)67-64(78-49-56-34-20-7-21-35-56)41-59(73-44-51-24-10-2-11-25-51)42-65(67)79-70(69)57-36-37-60(74-45-52-26-12-3-13-27-52)61(38-57)75-46-53-28-14-4-15-29-53/h1-42,68-71H,43-49H2/t68-,69+,70-/m1/s1. The van der Waals surface area contributed by atoms with Crippen LogP contribution in [0.4, 0.5) is 0 Å². The van der Waals surface area contributed by atoms with Crippen LogP contribution < -0.4 is 37.9 Å². The molecule has 0 saturated heterocycles. The van der Waals surface area contributed by atoms with Gasteiger partial charge in [-0.1, -0.05) is 218 Å². The summed E-state index contributed by atoms with van der Waals surface area (Å²) in [5, 5.41) is 13.6. The fourth-order valence-corrected chi connectivity index (χ4v) is 9.61. The molecule has 0 fully saturated rings. The summed E-state index contributed by atoms with van der Waals surface area (Å²) in [4.78, 5) is 0. The summed E-state index contributed by atoms with van der Waals surface area (Å²) in [6.07, 6.45) is -2.29. The van der Waals surface area contributed by atoms with Crippen molar-refractivity contribution >= 4 is 0 Å². The molecular weight excluding hydrogens is 985 g/mol. The third kappa shape index (κ3) is 13.4. The maximum absolute atomic E-state index is 13.6. The molecule has 79 heavy (non-hydrogen) atoms. The molecule has 9 nitrogen and oxygen atoms in total. The topological polar surface area (TPSA) is 94.1 Å². The average Bonchev–Trinajstić information content (AvgIpc) is 3.56. The summed E-state index contributed by atoms with van der Waals surface area (Å²) in [5.41, 5.74) is 8.64. The normalized spacial score (nSPS) is 14.5. The second-order valence-electron chi connectivity index (χ2n) is 19.3. The molecule has 11 rings (SSSR count). The predicted octanol–water partition coefficient (Wildman–Crippen LogP) is 15.4. The van der Waals surface area contributed by atoms with E-state index in [-0.39, 0.29) is 26.4 Å². The lowest BCUT2D eigenvalue weighted by atomic mass is 9.78. The molecule has 0 aliphatic carbocycles. The van der Waals surface area contributed by atoms with Gasteiger partial charge in [0.05, 0.1) is 5.92 Å². The molecule has 0 bridgehead atoms. The van der Waals surface area contributed by atoms with Crippen molar-refractivity contribution in [1.82, 2.24) is 0 Å². The van der Waals surface area contributed by atoms with Crippen LogP contribution in [0, 0.1) is 0 Å². The van der Waals surface area contributed by atoms with Gasteiger partial charge >= 0.3 is 0 Å². The first-order valence-electron chi connectivity index (χ1n) is 26.6. The largest absolute Gasteiger partial charge is 0.489 e. The molecule has 1 N–H and O–H groups in total. The van der Waals surface area contributed by atoms with E-state index >= 15 is 0 Å². The Morgan fingerprint density at radius 2 is 0.595 bits per heavy atom. The second-order valence-corrected chi connectivity index (χ2v) is 19.3. The van der Waals surface area contributed by atoms with Gasteiger partial charge in [-0.15, -0.1) is 0 Å². The van der Waals surface area contributed by atoms with Gasteiger partial charge in [0.15, 0.2) is 17.6 Å². The first kappa shape index (κ1) is 51.7. The number of hydrogen-bond donors (Lipinski definition) is 1. The molecule has 0 spiro atoms. The van der Waals surface area contributed by atoms with Crippen molar-refractivity contribution in [2.45, 2.75) is 64.4 Å². The maximum atomic E-state index is 13.6. The summed E-state index contributed by atoms with van der Waals surface area (Å²) >= 11 is 0. The highest BCUT2D eigenvalue weighted by atomic mass is 16.5. The smallest absolute Gasteiger partial charge is 0.162 e. The van der Waals surface area contributed by atoms with Crippen LogP contribution in [-0.2, 0) is 46.2 Å². The van der Waals surface area contributed by atoms with E-state index in [1.165, 1.54) is 0 Å². The first-order chi connectivity index (χ1) is 39.1. The minimum Gasteiger partial charge on any atom is -0.489 e. The molecular formula is C70H60O9. The summed E-state index contributed by atoms with van der Waals surface area (Å²) < 4.78 is 54.5. The van der Waals surface area contributed by atoms with Crippen molar-refractivity contribution in [1.29, 1.82) is 0 Å². The minimum atomic E-state index is -1.30. The molecule has 3 atom stereocenters.